The zero-order valence-electron chi connectivity index (χ0n) is 18.5. The second-order valence-corrected chi connectivity index (χ2v) is 9.38. The Morgan fingerprint density at radius 1 is 0.969 bits per heavy atom. The Labute approximate surface area is 186 Å². The summed E-state index contributed by atoms with van der Waals surface area (Å²) in [5.74, 6) is -1.75. The molecule has 5 nitrogen and oxygen atoms in total. The second-order valence-electron chi connectivity index (χ2n) is 9.38. The number of benzene rings is 2. The summed E-state index contributed by atoms with van der Waals surface area (Å²) in [7, 11) is 0. The molecular formula is C26H26FNO4. The first-order valence-corrected chi connectivity index (χ1v) is 10.8. The van der Waals surface area contributed by atoms with E-state index in [0.29, 0.717) is 13.1 Å². The Morgan fingerprint density at radius 2 is 1.50 bits per heavy atom. The first-order valence-electron chi connectivity index (χ1n) is 10.8. The largest absolute Gasteiger partial charge is 0.341 e. The number of Topliss-reactive ketones (excluding diaryl/α,β-unsaturated/α-hetero) is 3. The Morgan fingerprint density at radius 3 is 2.00 bits per heavy atom. The third-order valence-electron chi connectivity index (χ3n) is 6.61. The Balaban J connectivity index is 1.54. The van der Waals surface area contributed by atoms with Crippen LogP contribution in [0.4, 0.5) is 4.39 Å². The van der Waals surface area contributed by atoms with E-state index in [2.05, 4.69) is 0 Å². The lowest BCUT2D eigenvalue weighted by atomic mass is 9.63. The number of hydrogen-bond acceptors (Lipinski definition) is 4. The van der Waals surface area contributed by atoms with Crippen molar-refractivity contribution in [3.8, 4) is 11.1 Å². The minimum absolute atomic E-state index is 0.111. The van der Waals surface area contributed by atoms with Crippen LogP contribution >= 0.6 is 0 Å². The predicted molar refractivity (Wildman–Crippen MR) is 118 cm³/mol. The highest BCUT2D eigenvalue weighted by atomic mass is 19.1. The van der Waals surface area contributed by atoms with Crippen LogP contribution in [-0.2, 0) is 19.2 Å². The van der Waals surface area contributed by atoms with Gasteiger partial charge in [0.15, 0.2) is 0 Å². The van der Waals surface area contributed by atoms with Gasteiger partial charge in [-0.3, -0.25) is 19.2 Å². The molecule has 1 heterocycles. The highest BCUT2D eigenvalue weighted by Gasteiger charge is 2.53. The van der Waals surface area contributed by atoms with Gasteiger partial charge in [-0.1, -0.05) is 24.3 Å². The summed E-state index contributed by atoms with van der Waals surface area (Å²) >= 11 is 0. The van der Waals surface area contributed by atoms with Crippen molar-refractivity contribution in [2.24, 2.45) is 5.41 Å². The number of ketones is 3. The SMILES string of the molecule is CC(=O)CC(=O)N1CC2(CC(=O)C(c3c(C)cc(-c4ccc(F)cc4)cc3C)C(=O)C2)C1. The van der Waals surface area contributed by atoms with Crippen molar-refractivity contribution >= 4 is 23.3 Å². The molecule has 4 rings (SSSR count). The quantitative estimate of drug-likeness (QED) is 0.682. The van der Waals surface area contributed by atoms with Crippen LogP contribution in [0.2, 0.25) is 0 Å². The van der Waals surface area contributed by atoms with Crippen LogP contribution in [0.25, 0.3) is 11.1 Å². The normalized spacial score (nSPS) is 18.1. The topological polar surface area (TPSA) is 71.5 Å². The third-order valence-corrected chi connectivity index (χ3v) is 6.61. The zero-order chi connectivity index (χ0) is 23.2. The summed E-state index contributed by atoms with van der Waals surface area (Å²) in [4.78, 5) is 51.1. The van der Waals surface area contributed by atoms with Gasteiger partial charge in [0.2, 0.25) is 5.91 Å². The maximum Gasteiger partial charge on any atom is 0.230 e. The fourth-order valence-corrected chi connectivity index (χ4v) is 5.23. The molecule has 0 atom stereocenters. The van der Waals surface area contributed by atoms with Gasteiger partial charge in [0.1, 0.15) is 29.1 Å². The van der Waals surface area contributed by atoms with Gasteiger partial charge < -0.3 is 4.90 Å². The summed E-state index contributed by atoms with van der Waals surface area (Å²) in [6.07, 6.45) is 0.372. The predicted octanol–water partition coefficient (Wildman–Crippen LogP) is 3.93. The van der Waals surface area contributed by atoms with Crippen molar-refractivity contribution in [1.29, 1.82) is 0 Å². The van der Waals surface area contributed by atoms with Crippen molar-refractivity contribution < 1.29 is 23.6 Å². The average Bonchev–Trinajstić information content (AvgIpc) is 2.67. The maximum atomic E-state index is 13.3. The molecule has 0 bridgehead atoms. The number of carbonyl (C=O) groups is 4. The highest BCUT2D eigenvalue weighted by molar-refractivity contribution is 6.11. The first kappa shape index (κ1) is 22.1. The van der Waals surface area contributed by atoms with E-state index in [1.165, 1.54) is 19.1 Å². The van der Waals surface area contributed by atoms with Gasteiger partial charge in [0, 0.05) is 31.3 Å². The molecule has 0 radical (unpaired) electrons. The molecule has 0 N–H and O–H groups in total. The number of aryl methyl sites for hydroxylation is 2. The molecule has 1 saturated carbocycles. The molecule has 1 saturated heterocycles. The lowest BCUT2D eigenvalue weighted by molar-refractivity contribution is -0.156. The zero-order valence-corrected chi connectivity index (χ0v) is 18.5. The van der Waals surface area contributed by atoms with Crippen LogP contribution < -0.4 is 0 Å². The Kier molecular flexibility index (Phi) is 5.57. The summed E-state index contributed by atoms with van der Waals surface area (Å²) in [5, 5.41) is 0. The molecule has 1 aliphatic carbocycles. The molecule has 2 aliphatic rings. The Bertz CT molecular complexity index is 1090. The molecule has 0 aromatic heterocycles. The van der Waals surface area contributed by atoms with Gasteiger partial charge >= 0.3 is 0 Å². The Hall–Kier alpha value is -3.15. The summed E-state index contributed by atoms with van der Waals surface area (Å²) in [5.41, 5.74) is 3.76. The smallest absolute Gasteiger partial charge is 0.230 e. The van der Waals surface area contributed by atoms with E-state index in [9.17, 15) is 23.6 Å². The van der Waals surface area contributed by atoms with E-state index in [-0.39, 0.29) is 48.3 Å². The van der Waals surface area contributed by atoms with Crippen LogP contribution in [-0.4, -0.2) is 41.2 Å². The molecule has 6 heteroatoms. The monoisotopic (exact) mass is 435 g/mol. The molecule has 0 unspecified atom stereocenters. The van der Waals surface area contributed by atoms with Crippen LogP contribution in [0, 0.1) is 25.1 Å². The number of halogens is 1. The molecule has 166 valence electrons. The number of likely N-dealkylation sites (tertiary alicyclic amines) is 1. The van der Waals surface area contributed by atoms with Gasteiger partial charge in [-0.15, -0.1) is 0 Å². The van der Waals surface area contributed by atoms with Gasteiger partial charge in [0.25, 0.3) is 0 Å². The molecule has 2 fully saturated rings. The van der Waals surface area contributed by atoms with Crippen LogP contribution in [0.1, 0.15) is 48.8 Å². The van der Waals surface area contributed by atoms with Gasteiger partial charge in [-0.25, -0.2) is 4.39 Å². The summed E-state index contributed by atoms with van der Waals surface area (Å²) in [6, 6.07) is 10.1. The average molecular weight is 435 g/mol. The van der Waals surface area contributed by atoms with E-state index in [1.807, 2.05) is 26.0 Å². The number of carbonyl (C=O) groups excluding carboxylic acids is 4. The minimum atomic E-state index is -0.787. The van der Waals surface area contributed by atoms with Gasteiger partial charge in [-0.05, 0) is 60.7 Å². The van der Waals surface area contributed by atoms with E-state index < -0.39 is 11.3 Å². The fourth-order valence-electron chi connectivity index (χ4n) is 5.23. The van der Waals surface area contributed by atoms with Crippen molar-refractivity contribution in [3.05, 3.63) is 58.9 Å². The van der Waals surface area contributed by atoms with Crippen molar-refractivity contribution in [3.63, 3.8) is 0 Å². The van der Waals surface area contributed by atoms with Crippen molar-refractivity contribution in [1.82, 2.24) is 4.90 Å². The number of hydrogen-bond donors (Lipinski definition) is 0. The van der Waals surface area contributed by atoms with Crippen LogP contribution in [0.5, 0.6) is 0 Å². The molecule has 32 heavy (non-hydrogen) atoms. The molecule has 1 amide bonds. The minimum Gasteiger partial charge on any atom is -0.341 e. The fraction of sp³-hybridized carbons (Fsp3) is 0.385. The number of nitrogens with zero attached hydrogens (tertiary/aromatic N) is 1. The third kappa shape index (κ3) is 4.01. The molecule has 2 aromatic rings. The molecule has 1 spiro atoms. The lowest BCUT2D eigenvalue weighted by Gasteiger charge is -2.52. The molecule has 2 aromatic carbocycles. The van der Waals surface area contributed by atoms with Crippen LogP contribution in [0.3, 0.4) is 0 Å². The van der Waals surface area contributed by atoms with Gasteiger partial charge in [-0.2, -0.15) is 0 Å². The number of amides is 1. The molecule has 1 aliphatic heterocycles. The van der Waals surface area contributed by atoms with E-state index in [4.69, 9.17) is 0 Å². The highest BCUT2D eigenvalue weighted by Crippen LogP contribution is 2.46. The van der Waals surface area contributed by atoms with Gasteiger partial charge in [0.05, 0.1) is 6.42 Å². The standard InChI is InChI=1S/C26H26FNO4/c1-15-8-19(18-4-6-20(27)7-5-18)9-16(2)24(15)25-21(30)11-26(12-22(25)31)13-28(14-26)23(32)10-17(3)29/h4-9,25H,10-14H2,1-3H3. The van der Waals surface area contributed by atoms with Crippen molar-refractivity contribution in [2.75, 3.05) is 13.1 Å². The summed E-state index contributed by atoms with van der Waals surface area (Å²) < 4.78 is 13.3. The number of rotatable bonds is 4. The summed E-state index contributed by atoms with van der Waals surface area (Å²) in [6.45, 7) is 5.87. The van der Waals surface area contributed by atoms with E-state index >= 15 is 0 Å². The second kappa shape index (κ2) is 8.08. The van der Waals surface area contributed by atoms with Crippen LogP contribution in [0.15, 0.2) is 36.4 Å². The molecular weight excluding hydrogens is 409 g/mol. The van der Waals surface area contributed by atoms with Crippen molar-refractivity contribution in [2.45, 2.75) is 46.0 Å². The lowest BCUT2D eigenvalue weighted by Crippen LogP contribution is -2.62. The maximum absolute atomic E-state index is 13.3. The first-order chi connectivity index (χ1) is 15.1. The van der Waals surface area contributed by atoms with E-state index in [0.717, 1.165) is 27.8 Å². The van der Waals surface area contributed by atoms with E-state index in [1.54, 1.807) is 17.0 Å².